The molecule has 9 nitrogen and oxygen atoms in total. The van der Waals surface area contributed by atoms with Crippen LogP contribution in [0.25, 0.3) is 0 Å². The minimum absolute atomic E-state index is 0.0137. The van der Waals surface area contributed by atoms with E-state index in [1.54, 1.807) is 6.20 Å². The number of benzene rings is 1. The second-order valence-corrected chi connectivity index (χ2v) is 6.10. The largest absolute Gasteiger partial charge is 0.392 e. The predicted molar refractivity (Wildman–Crippen MR) is 101 cm³/mol. The third-order valence-electron chi connectivity index (χ3n) is 3.69. The summed E-state index contributed by atoms with van der Waals surface area (Å²) in [5.41, 5.74) is 7.52. The summed E-state index contributed by atoms with van der Waals surface area (Å²) in [6.07, 6.45) is 4.63. The second kappa shape index (κ2) is 8.47. The van der Waals surface area contributed by atoms with E-state index < -0.39 is 5.91 Å². The van der Waals surface area contributed by atoms with Crippen LogP contribution in [0.3, 0.4) is 0 Å². The van der Waals surface area contributed by atoms with Crippen LogP contribution in [0.5, 0.6) is 0 Å². The molecule has 0 saturated heterocycles. The van der Waals surface area contributed by atoms with E-state index in [2.05, 4.69) is 25.7 Å². The van der Waals surface area contributed by atoms with Gasteiger partial charge in [-0.15, -0.1) is 0 Å². The molecule has 0 radical (unpaired) electrons. The van der Waals surface area contributed by atoms with Gasteiger partial charge in [-0.3, -0.25) is 9.48 Å². The van der Waals surface area contributed by atoms with Crippen molar-refractivity contribution >= 4 is 35.0 Å². The highest BCUT2D eigenvalue weighted by Crippen LogP contribution is 2.22. The number of carbonyl (C=O) groups excluding carboxylic acids is 1. The molecule has 0 aliphatic carbocycles. The quantitative estimate of drug-likeness (QED) is 0.462. The van der Waals surface area contributed by atoms with Crippen LogP contribution in [0.15, 0.2) is 42.9 Å². The summed E-state index contributed by atoms with van der Waals surface area (Å²) in [5, 5.41) is 19.9. The molecule has 1 amide bonds. The van der Waals surface area contributed by atoms with Gasteiger partial charge in [0, 0.05) is 12.7 Å². The van der Waals surface area contributed by atoms with E-state index in [1.807, 2.05) is 24.3 Å². The molecule has 0 aliphatic heterocycles. The van der Waals surface area contributed by atoms with Gasteiger partial charge in [0.05, 0.1) is 24.7 Å². The number of halogens is 1. The van der Waals surface area contributed by atoms with Gasteiger partial charge in [0.1, 0.15) is 11.6 Å². The normalized spacial score (nSPS) is 10.6. The summed E-state index contributed by atoms with van der Waals surface area (Å²) in [7, 11) is 0. The number of aromatic nitrogens is 4. The molecule has 140 valence electrons. The topological polar surface area (TPSA) is 131 Å². The van der Waals surface area contributed by atoms with Crippen molar-refractivity contribution in [3.05, 3.63) is 59.0 Å². The number of aliphatic hydroxyl groups excluding tert-OH is 1. The summed E-state index contributed by atoms with van der Waals surface area (Å²) in [6.45, 7) is 0.390. The molecule has 0 unspecified atom stereocenters. The van der Waals surface area contributed by atoms with Gasteiger partial charge < -0.3 is 21.5 Å². The molecule has 0 spiro atoms. The van der Waals surface area contributed by atoms with Crippen LogP contribution in [0.1, 0.15) is 11.1 Å². The number of primary amides is 1. The average molecular weight is 388 g/mol. The fourth-order valence-corrected chi connectivity index (χ4v) is 2.58. The Kier molecular flexibility index (Phi) is 5.84. The van der Waals surface area contributed by atoms with E-state index in [0.717, 1.165) is 11.1 Å². The van der Waals surface area contributed by atoms with Gasteiger partial charge in [-0.25, -0.2) is 4.98 Å². The van der Waals surface area contributed by atoms with Crippen LogP contribution in [0.2, 0.25) is 5.02 Å². The molecule has 0 fully saturated rings. The number of nitrogens with one attached hydrogen (secondary N) is 2. The third-order valence-corrected chi connectivity index (χ3v) is 3.96. The lowest BCUT2D eigenvalue weighted by Crippen LogP contribution is -2.18. The molecule has 27 heavy (non-hydrogen) atoms. The molecule has 0 saturated carbocycles. The molecular weight excluding hydrogens is 370 g/mol. The van der Waals surface area contributed by atoms with Crippen molar-refractivity contribution < 1.29 is 9.90 Å². The van der Waals surface area contributed by atoms with Crippen molar-refractivity contribution in [3.8, 4) is 0 Å². The number of anilines is 3. The number of hydrogen-bond donors (Lipinski definition) is 4. The second-order valence-electron chi connectivity index (χ2n) is 5.69. The zero-order valence-corrected chi connectivity index (χ0v) is 15.0. The molecule has 5 N–H and O–H groups in total. The van der Waals surface area contributed by atoms with Crippen molar-refractivity contribution in [2.24, 2.45) is 5.73 Å². The summed E-state index contributed by atoms with van der Waals surface area (Å²) in [4.78, 5) is 19.4. The Labute approximate surface area is 160 Å². The lowest BCUT2D eigenvalue weighted by molar-refractivity contribution is -0.118. The van der Waals surface area contributed by atoms with E-state index in [-0.39, 0.29) is 13.2 Å². The number of rotatable bonds is 8. The van der Waals surface area contributed by atoms with Gasteiger partial charge in [-0.2, -0.15) is 10.1 Å². The van der Waals surface area contributed by atoms with Crippen molar-refractivity contribution in [2.75, 3.05) is 10.6 Å². The zero-order valence-electron chi connectivity index (χ0n) is 14.3. The van der Waals surface area contributed by atoms with Gasteiger partial charge in [0.2, 0.25) is 11.9 Å². The van der Waals surface area contributed by atoms with Gasteiger partial charge >= 0.3 is 0 Å². The molecule has 0 bridgehead atoms. The first kappa shape index (κ1) is 18.6. The van der Waals surface area contributed by atoms with Crippen molar-refractivity contribution in [3.63, 3.8) is 0 Å². The summed E-state index contributed by atoms with van der Waals surface area (Å²) < 4.78 is 1.41. The Hall–Kier alpha value is -3.17. The molecular formula is C17H18ClN7O2. The van der Waals surface area contributed by atoms with E-state index in [1.165, 1.54) is 17.1 Å². The highest BCUT2D eigenvalue weighted by atomic mass is 35.5. The summed E-state index contributed by atoms with van der Waals surface area (Å²) in [5.74, 6) is 0.282. The fourth-order valence-electron chi connectivity index (χ4n) is 2.42. The Bertz CT molecular complexity index is 945. The molecule has 2 heterocycles. The standard InChI is InChI=1S/C17H18ClN7O2/c18-14-7-21-17(23-13-6-22-25(8-13)9-15(19)27)24-16(14)20-5-11-3-1-2-4-12(11)10-26/h1-4,6-8,26H,5,9-10H2,(H2,19,27)(H2,20,21,23,24). The Morgan fingerprint density at radius 3 is 2.78 bits per heavy atom. The monoisotopic (exact) mass is 387 g/mol. The predicted octanol–water partition coefficient (Wildman–Crippen LogP) is 1.66. The first-order chi connectivity index (χ1) is 13.0. The van der Waals surface area contributed by atoms with Crippen LogP contribution in [0.4, 0.5) is 17.5 Å². The number of nitrogens with zero attached hydrogens (tertiary/aromatic N) is 4. The summed E-state index contributed by atoms with van der Waals surface area (Å²) >= 11 is 6.17. The maximum Gasteiger partial charge on any atom is 0.239 e. The van der Waals surface area contributed by atoms with Gasteiger partial charge in [0.25, 0.3) is 0 Å². The molecule has 3 aromatic rings. The lowest BCUT2D eigenvalue weighted by atomic mass is 10.1. The SMILES string of the molecule is NC(=O)Cn1cc(Nc2ncc(Cl)c(NCc3ccccc3CO)n2)cn1. The van der Waals surface area contributed by atoms with Crippen molar-refractivity contribution in [1.82, 2.24) is 19.7 Å². The molecule has 1 aromatic carbocycles. The maximum atomic E-state index is 10.9. The van der Waals surface area contributed by atoms with Crippen LogP contribution in [0, 0.1) is 0 Å². The lowest BCUT2D eigenvalue weighted by Gasteiger charge is -2.11. The fraction of sp³-hybridized carbons (Fsp3) is 0.176. The molecule has 2 aromatic heterocycles. The van der Waals surface area contributed by atoms with Crippen LogP contribution in [-0.2, 0) is 24.5 Å². The number of hydrogen-bond acceptors (Lipinski definition) is 7. The highest BCUT2D eigenvalue weighted by molar-refractivity contribution is 6.32. The van der Waals surface area contributed by atoms with Crippen LogP contribution < -0.4 is 16.4 Å². The van der Waals surface area contributed by atoms with E-state index in [0.29, 0.717) is 29.0 Å². The van der Waals surface area contributed by atoms with Crippen molar-refractivity contribution in [1.29, 1.82) is 0 Å². The Morgan fingerprint density at radius 1 is 1.26 bits per heavy atom. The zero-order chi connectivity index (χ0) is 19.2. The minimum Gasteiger partial charge on any atom is -0.392 e. The smallest absolute Gasteiger partial charge is 0.239 e. The molecule has 10 heteroatoms. The Morgan fingerprint density at radius 2 is 2.04 bits per heavy atom. The first-order valence-electron chi connectivity index (χ1n) is 8.07. The first-order valence-corrected chi connectivity index (χ1v) is 8.45. The molecule has 0 atom stereocenters. The molecule has 0 aliphatic rings. The van der Waals surface area contributed by atoms with Gasteiger partial charge in [-0.05, 0) is 11.1 Å². The third kappa shape index (κ3) is 4.93. The van der Waals surface area contributed by atoms with E-state index in [9.17, 15) is 9.90 Å². The van der Waals surface area contributed by atoms with Crippen molar-refractivity contribution in [2.45, 2.75) is 19.7 Å². The minimum atomic E-state index is -0.484. The van der Waals surface area contributed by atoms with Gasteiger partial charge in [-0.1, -0.05) is 35.9 Å². The number of amides is 1. The summed E-state index contributed by atoms with van der Waals surface area (Å²) in [6, 6.07) is 7.54. The molecule has 3 rings (SSSR count). The van der Waals surface area contributed by atoms with E-state index >= 15 is 0 Å². The number of carbonyl (C=O) groups is 1. The van der Waals surface area contributed by atoms with Gasteiger partial charge in [0.15, 0.2) is 5.82 Å². The Balaban J connectivity index is 1.70. The van der Waals surface area contributed by atoms with Crippen LogP contribution in [-0.4, -0.2) is 30.8 Å². The van der Waals surface area contributed by atoms with Crippen LogP contribution >= 0.6 is 11.6 Å². The average Bonchev–Trinajstić information content (AvgIpc) is 3.08. The maximum absolute atomic E-state index is 10.9. The van der Waals surface area contributed by atoms with E-state index in [4.69, 9.17) is 17.3 Å². The number of aliphatic hydroxyl groups is 1. The number of nitrogens with two attached hydrogens (primary N) is 1. The highest BCUT2D eigenvalue weighted by Gasteiger charge is 2.09.